The molecule has 1 aromatic rings. The average Bonchev–Trinajstić information content (AvgIpc) is 2.16. The van der Waals surface area contributed by atoms with E-state index >= 15 is 0 Å². The quantitative estimate of drug-likeness (QED) is 0.655. The van der Waals surface area contributed by atoms with Crippen LogP contribution in [0.15, 0.2) is 18.3 Å². The maximum Gasteiger partial charge on any atom is 0.226 e. The fourth-order valence-electron chi connectivity index (χ4n) is 1.57. The van der Waals surface area contributed by atoms with Gasteiger partial charge in [0.05, 0.1) is 5.69 Å². The molecule has 1 aliphatic heterocycles. The number of nitrogens with zero attached hydrogens (tertiary/aromatic N) is 1. The Morgan fingerprint density at radius 1 is 1.50 bits per heavy atom. The number of pyridine rings is 1. The fourth-order valence-corrected chi connectivity index (χ4v) is 1.57. The molecule has 1 amide bonds. The van der Waals surface area contributed by atoms with Crippen molar-refractivity contribution in [1.82, 2.24) is 4.98 Å². The minimum Gasteiger partial charge on any atom is -0.363 e. The Morgan fingerprint density at radius 3 is 3.07 bits per heavy atom. The van der Waals surface area contributed by atoms with E-state index < -0.39 is 0 Å². The van der Waals surface area contributed by atoms with E-state index in [1.807, 2.05) is 19.9 Å². The molecule has 1 aromatic heterocycles. The van der Waals surface area contributed by atoms with Crippen LogP contribution in [0.5, 0.6) is 0 Å². The van der Waals surface area contributed by atoms with Crippen molar-refractivity contribution in [3.63, 3.8) is 0 Å². The first kappa shape index (κ1) is 8.99. The van der Waals surface area contributed by atoms with Gasteiger partial charge in [-0.2, -0.15) is 0 Å². The highest BCUT2D eigenvalue weighted by molar-refractivity contribution is 5.96. The van der Waals surface area contributed by atoms with Gasteiger partial charge in [0, 0.05) is 18.2 Å². The van der Waals surface area contributed by atoms with E-state index in [1.165, 1.54) is 0 Å². The molecule has 2 rings (SSSR count). The molecule has 0 fully saturated rings. The number of aromatic nitrogens is 1. The number of fused-ring (bicyclic) bond motifs is 1. The van der Waals surface area contributed by atoms with Crippen LogP contribution in [0.25, 0.3) is 0 Å². The third-order valence-electron chi connectivity index (χ3n) is 2.14. The van der Waals surface area contributed by atoms with Crippen molar-refractivity contribution in [2.45, 2.75) is 25.8 Å². The average molecular weight is 191 g/mol. The Bertz CT molecular complexity index is 373. The van der Waals surface area contributed by atoms with Gasteiger partial charge in [-0.15, -0.1) is 0 Å². The van der Waals surface area contributed by atoms with E-state index in [4.69, 9.17) is 0 Å². The van der Waals surface area contributed by atoms with Crippen molar-refractivity contribution in [1.29, 1.82) is 0 Å². The lowest BCUT2D eigenvalue weighted by molar-refractivity contribution is -0.116. The number of amides is 1. The van der Waals surface area contributed by atoms with Crippen LogP contribution < -0.4 is 10.6 Å². The maximum absolute atomic E-state index is 11.5. The molecule has 4 nitrogen and oxygen atoms in total. The van der Waals surface area contributed by atoms with Gasteiger partial charge in [-0.25, -0.2) is 4.98 Å². The number of nitrogens with one attached hydrogen (secondary N) is 2. The first-order valence-corrected chi connectivity index (χ1v) is 4.60. The van der Waals surface area contributed by atoms with Gasteiger partial charge in [-0.1, -0.05) is 0 Å². The van der Waals surface area contributed by atoms with Gasteiger partial charge < -0.3 is 10.6 Å². The van der Waals surface area contributed by atoms with Gasteiger partial charge in [0.15, 0.2) is 0 Å². The van der Waals surface area contributed by atoms with Crippen LogP contribution in [0.4, 0.5) is 11.5 Å². The molecule has 4 heteroatoms. The van der Waals surface area contributed by atoms with Gasteiger partial charge in [0.1, 0.15) is 5.82 Å². The number of hydrogen-bond donors (Lipinski definition) is 2. The SMILES string of the molecule is CC1(C)CC(=O)Nc2cccnc2N1. The summed E-state index contributed by atoms with van der Waals surface area (Å²) in [6.07, 6.45) is 2.16. The van der Waals surface area contributed by atoms with Gasteiger partial charge in [-0.05, 0) is 26.0 Å². The molecular formula is C10H13N3O. The zero-order valence-corrected chi connectivity index (χ0v) is 8.29. The zero-order valence-electron chi connectivity index (χ0n) is 8.29. The molecule has 0 aliphatic carbocycles. The summed E-state index contributed by atoms with van der Waals surface area (Å²) >= 11 is 0. The molecule has 0 bridgehead atoms. The molecule has 0 atom stereocenters. The number of anilines is 2. The Hall–Kier alpha value is -1.58. The third-order valence-corrected chi connectivity index (χ3v) is 2.14. The number of hydrogen-bond acceptors (Lipinski definition) is 3. The number of carbonyl (C=O) groups is 1. The van der Waals surface area contributed by atoms with Crippen LogP contribution in [0, 0.1) is 0 Å². The summed E-state index contributed by atoms with van der Waals surface area (Å²) in [6.45, 7) is 3.96. The Labute approximate surface area is 82.7 Å². The topological polar surface area (TPSA) is 54.0 Å². The molecule has 2 heterocycles. The van der Waals surface area contributed by atoms with Crippen LogP contribution >= 0.6 is 0 Å². The van der Waals surface area contributed by atoms with Crippen LogP contribution in [0.2, 0.25) is 0 Å². The number of rotatable bonds is 0. The standard InChI is InChI=1S/C10H13N3O/c1-10(2)6-8(14)12-7-4-3-5-11-9(7)13-10/h3-5H,6H2,1-2H3,(H,11,13)(H,12,14). The van der Waals surface area contributed by atoms with Gasteiger partial charge >= 0.3 is 0 Å². The summed E-state index contributed by atoms with van der Waals surface area (Å²) in [4.78, 5) is 15.7. The predicted molar refractivity (Wildman–Crippen MR) is 55.2 cm³/mol. The van der Waals surface area contributed by atoms with Crippen molar-refractivity contribution in [2.24, 2.45) is 0 Å². The molecule has 0 saturated carbocycles. The Balaban J connectivity index is 2.42. The normalized spacial score (nSPS) is 18.9. The van der Waals surface area contributed by atoms with Crippen molar-refractivity contribution in [2.75, 3.05) is 10.6 Å². The molecule has 0 saturated heterocycles. The molecule has 74 valence electrons. The molecule has 0 spiro atoms. The highest BCUT2D eigenvalue weighted by Gasteiger charge is 2.27. The van der Waals surface area contributed by atoms with Crippen LogP contribution in [0.1, 0.15) is 20.3 Å². The van der Waals surface area contributed by atoms with E-state index in [1.54, 1.807) is 12.3 Å². The molecule has 1 aliphatic rings. The smallest absolute Gasteiger partial charge is 0.226 e. The van der Waals surface area contributed by atoms with Crippen molar-refractivity contribution in [3.05, 3.63) is 18.3 Å². The Kier molecular flexibility index (Phi) is 1.91. The van der Waals surface area contributed by atoms with E-state index in [-0.39, 0.29) is 11.4 Å². The molecular weight excluding hydrogens is 178 g/mol. The van der Waals surface area contributed by atoms with Crippen LogP contribution in [-0.4, -0.2) is 16.4 Å². The molecule has 14 heavy (non-hydrogen) atoms. The van der Waals surface area contributed by atoms with Gasteiger partial charge in [0.25, 0.3) is 0 Å². The second kappa shape index (κ2) is 2.97. The highest BCUT2D eigenvalue weighted by atomic mass is 16.1. The Morgan fingerprint density at radius 2 is 2.29 bits per heavy atom. The van der Waals surface area contributed by atoms with Gasteiger partial charge in [-0.3, -0.25) is 4.79 Å². The molecule has 2 N–H and O–H groups in total. The van der Waals surface area contributed by atoms with E-state index in [2.05, 4.69) is 15.6 Å². The molecule has 0 radical (unpaired) electrons. The van der Waals surface area contributed by atoms with Crippen LogP contribution in [-0.2, 0) is 4.79 Å². The summed E-state index contributed by atoms with van der Waals surface area (Å²) in [7, 11) is 0. The lowest BCUT2D eigenvalue weighted by atomic mass is 10.0. The second-order valence-electron chi connectivity index (χ2n) is 4.13. The van der Waals surface area contributed by atoms with E-state index in [0.29, 0.717) is 6.42 Å². The highest BCUT2D eigenvalue weighted by Crippen LogP contribution is 2.27. The van der Waals surface area contributed by atoms with E-state index in [9.17, 15) is 4.79 Å². The van der Waals surface area contributed by atoms with Crippen molar-refractivity contribution >= 4 is 17.4 Å². The minimum atomic E-state index is -0.246. The summed E-state index contributed by atoms with van der Waals surface area (Å²) in [5.41, 5.74) is 0.507. The predicted octanol–water partition coefficient (Wildman–Crippen LogP) is 1.61. The van der Waals surface area contributed by atoms with Crippen molar-refractivity contribution < 1.29 is 4.79 Å². The fraction of sp³-hybridized carbons (Fsp3) is 0.400. The minimum absolute atomic E-state index is 0.0225. The molecule has 0 unspecified atom stereocenters. The monoisotopic (exact) mass is 191 g/mol. The third kappa shape index (κ3) is 1.69. The van der Waals surface area contributed by atoms with Gasteiger partial charge in [0.2, 0.25) is 5.91 Å². The summed E-state index contributed by atoms with van der Waals surface area (Å²) in [6, 6.07) is 3.65. The lowest BCUT2D eigenvalue weighted by Gasteiger charge is -2.23. The van der Waals surface area contributed by atoms with E-state index in [0.717, 1.165) is 11.5 Å². The second-order valence-corrected chi connectivity index (χ2v) is 4.13. The lowest BCUT2D eigenvalue weighted by Crippen LogP contribution is -2.33. The van der Waals surface area contributed by atoms with Crippen molar-refractivity contribution in [3.8, 4) is 0 Å². The van der Waals surface area contributed by atoms with Crippen LogP contribution in [0.3, 0.4) is 0 Å². The summed E-state index contributed by atoms with van der Waals surface area (Å²) in [5.74, 6) is 0.762. The first-order chi connectivity index (χ1) is 6.57. The largest absolute Gasteiger partial charge is 0.363 e. The maximum atomic E-state index is 11.5. The summed E-state index contributed by atoms with van der Waals surface area (Å²) in [5, 5.41) is 6.05. The first-order valence-electron chi connectivity index (χ1n) is 4.60. The molecule has 0 aromatic carbocycles. The number of carbonyl (C=O) groups excluding carboxylic acids is 1. The zero-order chi connectivity index (χ0) is 10.2. The summed E-state index contributed by atoms with van der Waals surface area (Å²) < 4.78 is 0.